The fourth-order valence-corrected chi connectivity index (χ4v) is 3.65. The van der Waals surface area contributed by atoms with Gasteiger partial charge in [-0.3, -0.25) is 14.1 Å². The van der Waals surface area contributed by atoms with Gasteiger partial charge >= 0.3 is 41.5 Å². The van der Waals surface area contributed by atoms with E-state index in [1.807, 2.05) is 0 Å². The summed E-state index contributed by atoms with van der Waals surface area (Å²) in [5.74, 6) is -0.608. The van der Waals surface area contributed by atoms with Gasteiger partial charge in [0.1, 0.15) is 0 Å². The van der Waals surface area contributed by atoms with Crippen LogP contribution in [-0.2, 0) is 29.2 Å². The molecule has 1 unspecified atom stereocenters. The van der Waals surface area contributed by atoms with Gasteiger partial charge in [0.2, 0.25) is 0 Å². The Bertz CT molecular complexity index is 583. The number of unbranched alkanes of at least 4 members (excludes halogenated alkanes) is 6. The van der Waals surface area contributed by atoms with Crippen molar-refractivity contribution in [2.45, 2.75) is 104 Å². The van der Waals surface area contributed by atoms with E-state index < -0.39 is 33.7 Å². The van der Waals surface area contributed by atoms with Gasteiger partial charge in [-0.2, -0.15) is 8.42 Å². The summed E-state index contributed by atoms with van der Waals surface area (Å²) in [6, 6.07) is 0. The number of hydrogen-bond donors (Lipinski definition) is 1. The summed E-state index contributed by atoms with van der Waals surface area (Å²) >= 11 is 0. The van der Waals surface area contributed by atoms with Crippen LogP contribution >= 0.6 is 0 Å². The molecule has 0 rings (SSSR count). The molecule has 9 heteroatoms. The van der Waals surface area contributed by atoms with Gasteiger partial charge in [0.15, 0.2) is 5.25 Å². The van der Waals surface area contributed by atoms with Crippen LogP contribution in [0.15, 0.2) is 0 Å². The second-order valence-electron chi connectivity index (χ2n) is 8.79. The first kappa shape index (κ1) is 33.0. The predicted octanol–water partition coefficient (Wildman–Crippen LogP) is 2.05. The maximum Gasteiger partial charge on any atom is 1.00 e. The second kappa shape index (κ2) is 19.3. The van der Waals surface area contributed by atoms with Crippen molar-refractivity contribution in [3.05, 3.63) is 0 Å². The molecule has 180 valence electrons. The molecule has 0 saturated carbocycles. The molecular formula is C22H43NaO7S. The molecule has 1 atom stereocenters. The molecule has 0 fully saturated rings. The van der Waals surface area contributed by atoms with Crippen LogP contribution in [0.2, 0.25) is 0 Å². The number of esters is 2. The first-order valence-electron chi connectivity index (χ1n) is 11.3. The van der Waals surface area contributed by atoms with Gasteiger partial charge < -0.3 is 10.9 Å². The van der Waals surface area contributed by atoms with E-state index in [4.69, 9.17) is 9.47 Å². The van der Waals surface area contributed by atoms with Crippen LogP contribution in [-0.4, -0.2) is 43.4 Å². The number of ether oxygens (including phenoxy) is 2. The SMILES string of the molecule is CC(C)CCCCCCOC(=O)CC(C(=O)OCCCCCCC(C)C)S(=O)(=O)O.[H-].[Na+]. The Morgan fingerprint density at radius 2 is 1.19 bits per heavy atom. The molecule has 0 spiro atoms. The van der Waals surface area contributed by atoms with E-state index >= 15 is 0 Å². The largest absolute Gasteiger partial charge is 1.00 e. The summed E-state index contributed by atoms with van der Waals surface area (Å²) < 4.78 is 42.3. The number of carbonyl (C=O) groups is 2. The van der Waals surface area contributed by atoms with Crippen molar-refractivity contribution in [2.75, 3.05) is 13.2 Å². The Morgan fingerprint density at radius 1 is 0.774 bits per heavy atom. The molecule has 0 bridgehead atoms. The Labute approximate surface area is 212 Å². The minimum atomic E-state index is -4.75. The number of carbonyl (C=O) groups excluding carboxylic acids is 2. The van der Waals surface area contributed by atoms with Gasteiger partial charge in [0, 0.05) is 0 Å². The molecule has 31 heavy (non-hydrogen) atoms. The molecule has 7 nitrogen and oxygen atoms in total. The van der Waals surface area contributed by atoms with Crippen molar-refractivity contribution >= 4 is 22.1 Å². The molecule has 0 aliphatic rings. The Hall–Kier alpha value is -0.150. The van der Waals surface area contributed by atoms with Crippen molar-refractivity contribution in [1.29, 1.82) is 0 Å². The first-order valence-corrected chi connectivity index (χ1v) is 12.8. The molecule has 0 aromatic rings. The fourth-order valence-electron chi connectivity index (χ4n) is 2.99. The summed E-state index contributed by atoms with van der Waals surface area (Å²) in [5, 5.41) is -1.93. The van der Waals surface area contributed by atoms with Crippen molar-refractivity contribution in [1.82, 2.24) is 0 Å². The van der Waals surface area contributed by atoms with E-state index in [0.717, 1.165) is 51.4 Å². The number of hydrogen-bond acceptors (Lipinski definition) is 6. The quantitative estimate of drug-likeness (QED) is 0.140. The van der Waals surface area contributed by atoms with Gasteiger partial charge in [-0.05, 0) is 24.7 Å². The predicted molar refractivity (Wildman–Crippen MR) is 119 cm³/mol. The van der Waals surface area contributed by atoms with Gasteiger partial charge in [-0.1, -0.05) is 79.1 Å². The molecule has 0 aromatic heterocycles. The Morgan fingerprint density at radius 3 is 1.61 bits per heavy atom. The van der Waals surface area contributed by atoms with Crippen LogP contribution in [0.4, 0.5) is 0 Å². The second-order valence-corrected chi connectivity index (χ2v) is 10.4. The van der Waals surface area contributed by atoms with E-state index in [-0.39, 0.29) is 44.2 Å². The molecule has 0 aliphatic heterocycles. The minimum absolute atomic E-state index is 0. The van der Waals surface area contributed by atoms with Crippen molar-refractivity contribution in [3.63, 3.8) is 0 Å². The molecular weight excluding hydrogens is 431 g/mol. The van der Waals surface area contributed by atoms with Crippen LogP contribution in [0, 0.1) is 11.8 Å². The molecule has 0 amide bonds. The average Bonchev–Trinajstić information content (AvgIpc) is 2.62. The van der Waals surface area contributed by atoms with Crippen LogP contribution < -0.4 is 29.6 Å². The first-order chi connectivity index (χ1) is 14.0. The normalized spacial score (nSPS) is 12.5. The van der Waals surface area contributed by atoms with E-state index in [1.165, 1.54) is 0 Å². The third-order valence-electron chi connectivity index (χ3n) is 4.83. The van der Waals surface area contributed by atoms with Crippen molar-refractivity contribution < 1.29 is 63.0 Å². The van der Waals surface area contributed by atoms with Gasteiger partial charge in [-0.15, -0.1) is 0 Å². The summed E-state index contributed by atoms with van der Waals surface area (Å²) in [5.41, 5.74) is 0. The third-order valence-corrected chi connectivity index (χ3v) is 5.91. The molecule has 0 aliphatic carbocycles. The van der Waals surface area contributed by atoms with Crippen LogP contribution in [0.1, 0.15) is 99.8 Å². The van der Waals surface area contributed by atoms with E-state index in [0.29, 0.717) is 24.7 Å². The van der Waals surface area contributed by atoms with Crippen molar-refractivity contribution in [3.8, 4) is 0 Å². The summed E-state index contributed by atoms with van der Waals surface area (Å²) in [6.07, 6.45) is 8.94. The Balaban J connectivity index is -0.00000420. The third kappa shape index (κ3) is 20.2. The van der Waals surface area contributed by atoms with Crippen molar-refractivity contribution in [2.24, 2.45) is 11.8 Å². The fraction of sp³-hybridized carbons (Fsp3) is 0.909. The van der Waals surface area contributed by atoms with Crippen LogP contribution in [0.3, 0.4) is 0 Å². The molecule has 1 N–H and O–H groups in total. The zero-order chi connectivity index (χ0) is 23.0. The standard InChI is InChI=1S/C22H42O7S.Na.H/c1-18(2)13-9-5-7-11-15-28-21(23)17-20(30(25,26)27)22(24)29-16-12-8-6-10-14-19(3)4;;/h18-20H,5-17H2,1-4H3,(H,25,26,27);;/q;+1;-1. The van der Waals surface area contributed by atoms with E-state index in [9.17, 15) is 22.6 Å². The average molecular weight is 475 g/mol. The van der Waals surface area contributed by atoms with Crippen LogP contribution in [0.25, 0.3) is 0 Å². The van der Waals surface area contributed by atoms with Gasteiger partial charge in [-0.25, -0.2) is 0 Å². The van der Waals surface area contributed by atoms with Gasteiger partial charge in [0.25, 0.3) is 10.1 Å². The summed E-state index contributed by atoms with van der Waals surface area (Å²) in [7, 11) is -4.75. The Kier molecular flexibility index (Phi) is 20.6. The number of rotatable bonds is 18. The molecule has 0 saturated heterocycles. The smallest absolute Gasteiger partial charge is 1.00 e. The summed E-state index contributed by atoms with van der Waals surface area (Å²) in [6.45, 7) is 8.91. The topological polar surface area (TPSA) is 107 Å². The van der Waals surface area contributed by atoms with E-state index in [1.54, 1.807) is 0 Å². The van der Waals surface area contributed by atoms with Crippen LogP contribution in [0.5, 0.6) is 0 Å². The molecule has 0 aromatic carbocycles. The maximum atomic E-state index is 12.0. The summed E-state index contributed by atoms with van der Waals surface area (Å²) in [4.78, 5) is 23.9. The minimum Gasteiger partial charge on any atom is -1.00 e. The monoisotopic (exact) mass is 474 g/mol. The zero-order valence-corrected chi connectivity index (χ0v) is 23.0. The molecule has 0 radical (unpaired) electrons. The maximum absolute atomic E-state index is 12.0. The van der Waals surface area contributed by atoms with Gasteiger partial charge in [0.05, 0.1) is 19.6 Å². The molecule has 0 heterocycles. The van der Waals surface area contributed by atoms with E-state index in [2.05, 4.69) is 27.7 Å². The zero-order valence-electron chi connectivity index (χ0n) is 21.2.